The van der Waals surface area contributed by atoms with E-state index in [9.17, 15) is 8.42 Å². The molecule has 4 rings (SSSR count). The molecular formula is C21H23N3O4S. The molecule has 152 valence electrons. The average molecular weight is 413 g/mol. The Labute approximate surface area is 170 Å². The number of fused-ring (bicyclic) bond motifs is 1. The number of methoxy groups -OCH3 is 2. The van der Waals surface area contributed by atoms with Crippen LogP contribution in [0.1, 0.15) is 0 Å². The fourth-order valence-corrected chi connectivity index (χ4v) is 5.11. The van der Waals surface area contributed by atoms with Gasteiger partial charge in [0, 0.05) is 37.6 Å². The Morgan fingerprint density at radius 1 is 0.897 bits per heavy atom. The molecule has 1 saturated heterocycles. The number of hydrogen-bond acceptors (Lipinski definition) is 6. The van der Waals surface area contributed by atoms with E-state index in [1.165, 1.54) is 24.6 Å². The number of hydrogen-bond donors (Lipinski definition) is 0. The van der Waals surface area contributed by atoms with E-state index < -0.39 is 10.0 Å². The van der Waals surface area contributed by atoms with Gasteiger partial charge >= 0.3 is 0 Å². The highest BCUT2D eigenvalue weighted by molar-refractivity contribution is 7.89. The summed E-state index contributed by atoms with van der Waals surface area (Å²) >= 11 is 0. The van der Waals surface area contributed by atoms with Crippen molar-refractivity contribution < 1.29 is 17.9 Å². The molecule has 3 aromatic rings. The van der Waals surface area contributed by atoms with Crippen molar-refractivity contribution in [1.29, 1.82) is 0 Å². The zero-order valence-electron chi connectivity index (χ0n) is 16.4. The van der Waals surface area contributed by atoms with Gasteiger partial charge in [-0.2, -0.15) is 4.31 Å². The molecular weight excluding hydrogens is 390 g/mol. The lowest BCUT2D eigenvalue weighted by Gasteiger charge is -2.35. The van der Waals surface area contributed by atoms with Crippen molar-refractivity contribution in [3.05, 3.63) is 54.6 Å². The SMILES string of the molecule is COc1ccc(OC)c(S(=O)(=O)N2CCN(c3ccc4ccccc4n3)CC2)c1. The van der Waals surface area contributed by atoms with Gasteiger partial charge in [0.1, 0.15) is 22.2 Å². The van der Waals surface area contributed by atoms with Crippen molar-refractivity contribution >= 4 is 26.7 Å². The van der Waals surface area contributed by atoms with Crippen LogP contribution in [0, 0.1) is 0 Å². The summed E-state index contributed by atoms with van der Waals surface area (Å²) in [6.07, 6.45) is 0. The number of aromatic nitrogens is 1. The lowest BCUT2D eigenvalue weighted by atomic mass is 10.2. The third-order valence-electron chi connectivity index (χ3n) is 5.13. The number of benzene rings is 2. The first-order valence-electron chi connectivity index (χ1n) is 9.36. The minimum Gasteiger partial charge on any atom is -0.497 e. The van der Waals surface area contributed by atoms with Crippen LogP contribution in [0.2, 0.25) is 0 Å². The molecule has 8 heteroatoms. The lowest BCUT2D eigenvalue weighted by Crippen LogP contribution is -2.49. The maximum absolute atomic E-state index is 13.2. The third-order valence-corrected chi connectivity index (χ3v) is 7.05. The van der Waals surface area contributed by atoms with Crippen molar-refractivity contribution in [3.8, 4) is 11.5 Å². The average Bonchev–Trinajstić information content (AvgIpc) is 2.78. The molecule has 2 heterocycles. The molecule has 0 bridgehead atoms. The normalized spacial score (nSPS) is 15.4. The van der Waals surface area contributed by atoms with Crippen LogP contribution in [0.4, 0.5) is 5.82 Å². The summed E-state index contributed by atoms with van der Waals surface area (Å²) in [4.78, 5) is 6.95. The largest absolute Gasteiger partial charge is 0.497 e. The quantitative estimate of drug-likeness (QED) is 0.641. The predicted molar refractivity (Wildman–Crippen MR) is 112 cm³/mol. The second kappa shape index (κ2) is 7.88. The van der Waals surface area contributed by atoms with Crippen LogP contribution < -0.4 is 14.4 Å². The zero-order chi connectivity index (χ0) is 20.4. The van der Waals surface area contributed by atoms with Crippen molar-refractivity contribution in [2.75, 3.05) is 45.3 Å². The van der Waals surface area contributed by atoms with E-state index in [1.807, 2.05) is 36.4 Å². The second-order valence-electron chi connectivity index (χ2n) is 6.77. The summed E-state index contributed by atoms with van der Waals surface area (Å²) in [5, 5.41) is 1.09. The van der Waals surface area contributed by atoms with Gasteiger partial charge in [0.2, 0.25) is 10.0 Å². The molecule has 0 atom stereocenters. The van der Waals surface area contributed by atoms with Crippen LogP contribution in [0.25, 0.3) is 10.9 Å². The van der Waals surface area contributed by atoms with Crippen LogP contribution >= 0.6 is 0 Å². The van der Waals surface area contributed by atoms with Crippen molar-refractivity contribution in [2.45, 2.75) is 4.90 Å². The van der Waals surface area contributed by atoms with Crippen LogP contribution in [-0.2, 0) is 10.0 Å². The van der Waals surface area contributed by atoms with Crippen molar-refractivity contribution in [3.63, 3.8) is 0 Å². The Balaban J connectivity index is 1.54. The number of piperazine rings is 1. The second-order valence-corrected chi connectivity index (χ2v) is 8.68. The number of nitrogens with zero attached hydrogens (tertiary/aromatic N) is 3. The molecule has 1 aliphatic rings. The number of anilines is 1. The molecule has 1 fully saturated rings. The van der Waals surface area contributed by atoms with E-state index in [4.69, 9.17) is 14.5 Å². The first-order valence-corrected chi connectivity index (χ1v) is 10.8. The van der Waals surface area contributed by atoms with E-state index >= 15 is 0 Å². The first-order chi connectivity index (χ1) is 14.0. The van der Waals surface area contributed by atoms with Crippen LogP contribution in [0.3, 0.4) is 0 Å². The molecule has 2 aromatic carbocycles. The topological polar surface area (TPSA) is 72.0 Å². The number of para-hydroxylation sites is 1. The minimum absolute atomic E-state index is 0.122. The molecule has 0 spiro atoms. The van der Waals surface area contributed by atoms with E-state index in [0.717, 1.165) is 16.7 Å². The molecule has 1 aromatic heterocycles. The predicted octanol–water partition coefficient (Wildman–Crippen LogP) is 2.76. The van der Waals surface area contributed by atoms with Gasteiger partial charge in [-0.15, -0.1) is 0 Å². The Morgan fingerprint density at radius 3 is 2.38 bits per heavy atom. The van der Waals surface area contributed by atoms with E-state index in [-0.39, 0.29) is 4.90 Å². The molecule has 0 amide bonds. The van der Waals surface area contributed by atoms with Gasteiger partial charge in [0.15, 0.2) is 0 Å². The van der Waals surface area contributed by atoms with Crippen molar-refractivity contribution in [1.82, 2.24) is 9.29 Å². The number of rotatable bonds is 5. The van der Waals surface area contributed by atoms with Crippen molar-refractivity contribution in [2.24, 2.45) is 0 Å². The Hall–Kier alpha value is -2.84. The molecule has 0 aliphatic carbocycles. The van der Waals surface area contributed by atoms with Crippen LogP contribution in [0.15, 0.2) is 59.5 Å². The Morgan fingerprint density at radius 2 is 1.66 bits per heavy atom. The molecule has 0 N–H and O–H groups in total. The molecule has 29 heavy (non-hydrogen) atoms. The highest BCUT2D eigenvalue weighted by Gasteiger charge is 2.31. The lowest BCUT2D eigenvalue weighted by molar-refractivity contribution is 0.370. The molecule has 0 radical (unpaired) electrons. The van der Waals surface area contributed by atoms with Gasteiger partial charge in [0.05, 0.1) is 19.7 Å². The molecule has 0 unspecified atom stereocenters. The smallest absolute Gasteiger partial charge is 0.247 e. The first kappa shape index (κ1) is 19.5. The number of sulfonamides is 1. The molecule has 1 aliphatic heterocycles. The Bertz CT molecular complexity index is 1130. The Kier molecular flexibility index (Phi) is 5.29. The summed E-state index contributed by atoms with van der Waals surface area (Å²) in [6.45, 7) is 1.88. The monoisotopic (exact) mass is 413 g/mol. The number of ether oxygens (including phenoxy) is 2. The summed E-state index contributed by atoms with van der Waals surface area (Å²) in [5.41, 5.74) is 0.932. The van der Waals surface area contributed by atoms with Gasteiger partial charge in [-0.05, 0) is 30.3 Å². The highest BCUT2D eigenvalue weighted by Crippen LogP contribution is 2.31. The van der Waals surface area contributed by atoms with Crippen LogP contribution in [-0.4, -0.2) is 58.1 Å². The van der Waals surface area contributed by atoms with E-state index in [0.29, 0.717) is 37.7 Å². The maximum Gasteiger partial charge on any atom is 0.247 e. The highest BCUT2D eigenvalue weighted by atomic mass is 32.2. The fourth-order valence-electron chi connectivity index (χ4n) is 3.51. The van der Waals surface area contributed by atoms with Gasteiger partial charge in [0.25, 0.3) is 0 Å². The van der Waals surface area contributed by atoms with Crippen LogP contribution in [0.5, 0.6) is 11.5 Å². The zero-order valence-corrected chi connectivity index (χ0v) is 17.2. The third kappa shape index (κ3) is 3.73. The fraction of sp³-hybridized carbons (Fsp3) is 0.286. The summed E-state index contributed by atoms with van der Waals surface area (Å²) in [5.74, 6) is 1.65. The summed E-state index contributed by atoms with van der Waals surface area (Å²) < 4.78 is 38.4. The van der Waals surface area contributed by atoms with E-state index in [2.05, 4.69) is 4.90 Å². The molecule has 7 nitrogen and oxygen atoms in total. The van der Waals surface area contributed by atoms with Gasteiger partial charge < -0.3 is 14.4 Å². The minimum atomic E-state index is -3.70. The summed E-state index contributed by atoms with van der Waals surface area (Å²) in [7, 11) is -0.726. The number of pyridine rings is 1. The van der Waals surface area contributed by atoms with Gasteiger partial charge in [-0.25, -0.2) is 13.4 Å². The maximum atomic E-state index is 13.2. The van der Waals surface area contributed by atoms with Gasteiger partial charge in [-0.1, -0.05) is 18.2 Å². The summed E-state index contributed by atoms with van der Waals surface area (Å²) in [6, 6.07) is 16.8. The standard InChI is InChI=1S/C21H23N3O4S/c1-27-17-8-9-19(28-2)20(15-17)29(25,26)24-13-11-23(12-14-24)21-10-7-16-5-3-4-6-18(16)22-21/h3-10,15H,11-14H2,1-2H3. The van der Waals surface area contributed by atoms with E-state index in [1.54, 1.807) is 12.1 Å². The van der Waals surface area contributed by atoms with Gasteiger partial charge in [-0.3, -0.25) is 0 Å². The molecule has 0 saturated carbocycles.